The number of rotatable bonds is 5. The van der Waals surface area contributed by atoms with Crippen molar-refractivity contribution < 1.29 is 9.84 Å². The van der Waals surface area contributed by atoms with E-state index in [9.17, 15) is 5.11 Å². The van der Waals surface area contributed by atoms with Crippen LogP contribution in [0, 0.1) is 5.92 Å². The first kappa shape index (κ1) is 17.9. The van der Waals surface area contributed by atoms with Crippen molar-refractivity contribution in [1.82, 2.24) is 9.80 Å². The molecule has 2 fully saturated rings. The van der Waals surface area contributed by atoms with Crippen LogP contribution >= 0.6 is 0 Å². The second-order valence-electron chi connectivity index (χ2n) is 7.55. The number of nitrogens with zero attached hydrogens (tertiary/aromatic N) is 2. The summed E-state index contributed by atoms with van der Waals surface area (Å²) in [5.74, 6) is 0.250. The number of morpholine rings is 1. The Morgan fingerprint density at radius 3 is 2.54 bits per heavy atom. The van der Waals surface area contributed by atoms with Crippen LogP contribution in [0.2, 0.25) is 0 Å². The minimum absolute atomic E-state index is 0.250. The lowest BCUT2D eigenvalue weighted by Crippen LogP contribution is -2.53. The highest BCUT2D eigenvalue weighted by atomic mass is 16.5. The zero-order chi connectivity index (χ0) is 17.0. The van der Waals surface area contributed by atoms with Gasteiger partial charge in [0, 0.05) is 31.6 Å². The normalized spacial score (nSPS) is 32.8. The van der Waals surface area contributed by atoms with Gasteiger partial charge in [0.25, 0.3) is 0 Å². The highest BCUT2D eigenvalue weighted by Gasteiger charge is 2.43. The molecule has 0 aromatic heterocycles. The molecule has 4 heteroatoms. The van der Waals surface area contributed by atoms with Gasteiger partial charge in [-0.25, -0.2) is 0 Å². The third kappa shape index (κ3) is 3.99. The Balaban J connectivity index is 1.53. The molecule has 0 radical (unpaired) electrons. The quantitative estimate of drug-likeness (QED) is 0.898. The number of likely N-dealkylation sites (tertiary alicyclic amines) is 1. The van der Waals surface area contributed by atoms with Crippen molar-refractivity contribution in [2.24, 2.45) is 5.92 Å². The van der Waals surface area contributed by atoms with Crippen molar-refractivity contribution in [1.29, 1.82) is 0 Å². The van der Waals surface area contributed by atoms with E-state index < -0.39 is 5.60 Å². The lowest BCUT2D eigenvalue weighted by atomic mass is 9.74. The maximum Gasteiger partial charge on any atom is 0.0948 e. The Morgan fingerprint density at radius 2 is 1.83 bits per heavy atom. The summed E-state index contributed by atoms with van der Waals surface area (Å²) in [6, 6.07) is 10.6. The molecule has 3 atom stereocenters. The van der Waals surface area contributed by atoms with Crippen LogP contribution in [0.1, 0.15) is 32.3 Å². The summed E-state index contributed by atoms with van der Waals surface area (Å²) in [7, 11) is 0. The predicted molar refractivity (Wildman–Crippen MR) is 97.0 cm³/mol. The molecule has 0 aliphatic carbocycles. The zero-order valence-electron chi connectivity index (χ0n) is 15.2. The summed E-state index contributed by atoms with van der Waals surface area (Å²) < 4.78 is 5.41. The average molecular weight is 332 g/mol. The topological polar surface area (TPSA) is 35.9 Å². The molecule has 1 aromatic rings. The molecule has 2 aliphatic rings. The first-order chi connectivity index (χ1) is 11.6. The predicted octanol–water partition coefficient (Wildman–Crippen LogP) is 2.33. The first-order valence-corrected chi connectivity index (χ1v) is 9.41. The van der Waals surface area contributed by atoms with Crippen LogP contribution in [0.25, 0.3) is 0 Å². The lowest BCUT2D eigenvalue weighted by molar-refractivity contribution is -0.0911. The molecule has 0 saturated carbocycles. The molecule has 24 heavy (non-hydrogen) atoms. The van der Waals surface area contributed by atoms with E-state index >= 15 is 0 Å². The van der Waals surface area contributed by atoms with E-state index in [-0.39, 0.29) is 5.92 Å². The third-order valence-electron chi connectivity index (χ3n) is 5.85. The largest absolute Gasteiger partial charge is 0.385 e. The number of hydrogen-bond donors (Lipinski definition) is 1. The van der Waals surface area contributed by atoms with E-state index in [1.54, 1.807) is 0 Å². The van der Waals surface area contributed by atoms with Crippen LogP contribution in [-0.2, 0) is 10.3 Å². The van der Waals surface area contributed by atoms with Crippen molar-refractivity contribution in [2.75, 3.05) is 45.9 Å². The summed E-state index contributed by atoms with van der Waals surface area (Å²) >= 11 is 0. The van der Waals surface area contributed by atoms with Gasteiger partial charge in [-0.05, 0) is 38.4 Å². The highest BCUT2D eigenvalue weighted by molar-refractivity contribution is 5.24. The number of aliphatic hydroxyl groups is 1. The lowest BCUT2D eigenvalue weighted by Gasteiger charge is -2.47. The maximum atomic E-state index is 11.3. The Kier molecular flexibility index (Phi) is 5.93. The molecule has 1 aromatic carbocycles. The van der Waals surface area contributed by atoms with Gasteiger partial charge in [0.15, 0.2) is 0 Å². The summed E-state index contributed by atoms with van der Waals surface area (Å²) in [6.45, 7) is 11.6. The Bertz CT molecular complexity index is 504. The number of hydrogen-bond acceptors (Lipinski definition) is 4. The molecule has 134 valence electrons. The minimum Gasteiger partial charge on any atom is -0.385 e. The van der Waals surface area contributed by atoms with Crippen molar-refractivity contribution in [3.8, 4) is 0 Å². The molecular formula is C20H32N2O2. The van der Waals surface area contributed by atoms with Gasteiger partial charge < -0.3 is 14.7 Å². The number of ether oxygens (including phenoxy) is 1. The van der Waals surface area contributed by atoms with E-state index in [1.807, 2.05) is 18.2 Å². The average Bonchev–Trinajstić information content (AvgIpc) is 2.61. The van der Waals surface area contributed by atoms with E-state index in [1.165, 1.54) is 6.42 Å². The van der Waals surface area contributed by atoms with Gasteiger partial charge in [0.2, 0.25) is 0 Å². The van der Waals surface area contributed by atoms with E-state index in [4.69, 9.17) is 4.74 Å². The summed E-state index contributed by atoms with van der Waals surface area (Å²) in [5.41, 5.74) is 0.374. The van der Waals surface area contributed by atoms with E-state index in [2.05, 4.69) is 35.8 Å². The van der Waals surface area contributed by atoms with Crippen molar-refractivity contribution in [3.63, 3.8) is 0 Å². The maximum absolute atomic E-state index is 11.3. The summed E-state index contributed by atoms with van der Waals surface area (Å²) in [5, 5.41) is 11.3. The fourth-order valence-electron chi connectivity index (χ4n) is 4.23. The van der Waals surface area contributed by atoms with Crippen LogP contribution < -0.4 is 0 Å². The fraction of sp³-hybridized carbons (Fsp3) is 0.700. The molecule has 2 heterocycles. The summed E-state index contributed by atoms with van der Waals surface area (Å²) in [6.07, 6.45) is 2.01. The zero-order valence-corrected chi connectivity index (χ0v) is 15.2. The van der Waals surface area contributed by atoms with Gasteiger partial charge >= 0.3 is 0 Å². The molecule has 1 N–H and O–H groups in total. The molecule has 3 rings (SSSR count). The monoisotopic (exact) mass is 332 g/mol. The molecule has 0 spiro atoms. The van der Waals surface area contributed by atoms with Crippen LogP contribution in [-0.4, -0.2) is 66.9 Å². The van der Waals surface area contributed by atoms with Crippen LogP contribution in [0.4, 0.5) is 0 Å². The van der Waals surface area contributed by atoms with Crippen LogP contribution in [0.15, 0.2) is 30.3 Å². The standard InChI is InChI=1S/C20H32N2O2/c1-17-16-22(10-6-9-21-11-13-24-14-12-21)18(2)15-20(17,23)19-7-4-3-5-8-19/h3-5,7-8,17-18,23H,6,9-16H2,1-2H3. The number of benzene rings is 1. The molecule has 0 bridgehead atoms. The van der Waals surface area contributed by atoms with Gasteiger partial charge in [-0.15, -0.1) is 0 Å². The van der Waals surface area contributed by atoms with Crippen molar-refractivity contribution in [3.05, 3.63) is 35.9 Å². The van der Waals surface area contributed by atoms with Gasteiger partial charge in [-0.2, -0.15) is 0 Å². The van der Waals surface area contributed by atoms with Crippen molar-refractivity contribution >= 4 is 0 Å². The Morgan fingerprint density at radius 1 is 1.12 bits per heavy atom. The second-order valence-corrected chi connectivity index (χ2v) is 7.55. The SMILES string of the molecule is CC1CC(O)(c2ccccc2)C(C)CN1CCCN1CCOCC1. The molecular weight excluding hydrogens is 300 g/mol. The smallest absolute Gasteiger partial charge is 0.0948 e. The molecule has 2 aliphatic heterocycles. The first-order valence-electron chi connectivity index (χ1n) is 9.41. The molecule has 3 unspecified atom stereocenters. The van der Waals surface area contributed by atoms with E-state index in [0.717, 1.165) is 57.9 Å². The minimum atomic E-state index is -0.693. The van der Waals surface area contributed by atoms with Gasteiger partial charge in [0.05, 0.1) is 18.8 Å². The van der Waals surface area contributed by atoms with Crippen molar-refractivity contribution in [2.45, 2.75) is 38.3 Å². The second kappa shape index (κ2) is 7.96. The molecule has 0 amide bonds. The fourth-order valence-corrected chi connectivity index (χ4v) is 4.23. The Labute approximate surface area is 146 Å². The summed E-state index contributed by atoms with van der Waals surface area (Å²) in [4.78, 5) is 5.06. The highest BCUT2D eigenvalue weighted by Crippen LogP contribution is 2.39. The molecule has 4 nitrogen and oxygen atoms in total. The molecule has 2 saturated heterocycles. The van der Waals surface area contributed by atoms with Gasteiger partial charge in [0.1, 0.15) is 0 Å². The van der Waals surface area contributed by atoms with E-state index in [0.29, 0.717) is 6.04 Å². The van der Waals surface area contributed by atoms with Gasteiger partial charge in [-0.1, -0.05) is 37.3 Å². The van der Waals surface area contributed by atoms with Gasteiger partial charge in [-0.3, -0.25) is 4.90 Å². The van der Waals surface area contributed by atoms with Crippen LogP contribution in [0.5, 0.6) is 0 Å². The number of piperidine rings is 1. The Hall–Kier alpha value is -0.940. The van der Waals surface area contributed by atoms with Crippen LogP contribution in [0.3, 0.4) is 0 Å². The third-order valence-corrected chi connectivity index (χ3v) is 5.85.